The minimum Gasteiger partial charge on any atom is -0.508 e. The molecule has 4 aromatic rings. The highest BCUT2D eigenvalue weighted by Crippen LogP contribution is 2.38. The molecular weight excluding hydrogens is 626 g/mol. The van der Waals surface area contributed by atoms with Gasteiger partial charge in [-0.1, -0.05) is 69.7 Å². The number of phenolic OH excluding ortho intramolecular Hbond substituents is 1. The minimum atomic E-state index is -1.26. The second-order valence-corrected chi connectivity index (χ2v) is 13.6. The largest absolute Gasteiger partial charge is 0.508 e. The Kier molecular flexibility index (Phi) is 11.0. The molecule has 48 heavy (non-hydrogen) atoms. The van der Waals surface area contributed by atoms with Crippen molar-refractivity contribution in [2.75, 3.05) is 42.9 Å². The van der Waals surface area contributed by atoms with E-state index in [4.69, 9.17) is 0 Å². The summed E-state index contributed by atoms with van der Waals surface area (Å²) < 4.78 is 14.3. The fourth-order valence-corrected chi connectivity index (χ4v) is 7.28. The molecule has 3 heterocycles. The number of thiazole rings is 1. The van der Waals surface area contributed by atoms with Crippen molar-refractivity contribution in [2.24, 2.45) is 0 Å². The number of carbonyl (C=O) groups excluding carboxylic acids is 2. The zero-order valence-electron chi connectivity index (χ0n) is 27.5. The predicted octanol–water partition coefficient (Wildman–Crippen LogP) is 7.86. The first-order valence-corrected chi connectivity index (χ1v) is 18.0. The molecule has 1 fully saturated rings. The molecule has 2 N–H and O–H groups in total. The van der Waals surface area contributed by atoms with E-state index in [0.717, 1.165) is 55.0 Å². The highest BCUT2D eigenvalue weighted by atomic mass is 32.1. The molecule has 2 amide bonds. The van der Waals surface area contributed by atoms with E-state index < -0.39 is 17.8 Å². The fourth-order valence-electron chi connectivity index (χ4n) is 6.75. The van der Waals surface area contributed by atoms with Gasteiger partial charge in [-0.25, -0.2) is 9.37 Å². The highest BCUT2D eigenvalue weighted by molar-refractivity contribution is 7.13. The topological polar surface area (TPSA) is 89.0 Å². The lowest BCUT2D eigenvalue weighted by molar-refractivity contribution is -0.120. The molecule has 0 bridgehead atoms. The van der Waals surface area contributed by atoms with E-state index in [0.29, 0.717) is 10.7 Å². The van der Waals surface area contributed by atoms with E-state index in [1.165, 1.54) is 79.5 Å². The number of anilines is 2. The lowest BCUT2D eigenvalue weighted by atomic mass is 10.00. The van der Waals surface area contributed by atoms with Gasteiger partial charge in [-0.3, -0.25) is 19.8 Å². The SMILES string of the molecule is CCCCCCCCCN1CCN(c2ccc(-c3ccc4c(c3)C(=O)N(C(C(=O)Nc3nccs3)c3cc(F)ccc3O)C4)cc2)CC1. The smallest absolute Gasteiger partial charge is 0.255 e. The molecule has 1 unspecified atom stereocenters. The first-order chi connectivity index (χ1) is 23.4. The quantitative estimate of drug-likeness (QED) is 0.133. The lowest BCUT2D eigenvalue weighted by Crippen LogP contribution is -2.46. The van der Waals surface area contributed by atoms with Crippen LogP contribution < -0.4 is 10.2 Å². The van der Waals surface area contributed by atoms with Gasteiger partial charge in [0.2, 0.25) is 0 Å². The average molecular weight is 670 g/mol. The minimum absolute atomic E-state index is 0.0136. The number of nitrogens with one attached hydrogen (secondary N) is 1. The molecule has 252 valence electrons. The first-order valence-electron chi connectivity index (χ1n) is 17.1. The van der Waals surface area contributed by atoms with Gasteiger partial charge < -0.3 is 14.9 Å². The third kappa shape index (κ3) is 7.88. The monoisotopic (exact) mass is 669 g/mol. The maximum absolute atomic E-state index is 14.3. The van der Waals surface area contributed by atoms with Crippen LogP contribution in [0.25, 0.3) is 11.1 Å². The number of unbranched alkanes of at least 4 members (excludes halogenated alkanes) is 6. The highest BCUT2D eigenvalue weighted by Gasteiger charge is 2.39. The summed E-state index contributed by atoms with van der Waals surface area (Å²) in [7, 11) is 0. The van der Waals surface area contributed by atoms with Crippen LogP contribution in [0.4, 0.5) is 15.2 Å². The van der Waals surface area contributed by atoms with Crippen molar-refractivity contribution in [2.45, 2.75) is 64.5 Å². The average Bonchev–Trinajstić information content (AvgIpc) is 3.73. The van der Waals surface area contributed by atoms with Gasteiger partial charge in [0.05, 0.1) is 0 Å². The van der Waals surface area contributed by atoms with Gasteiger partial charge in [0.25, 0.3) is 11.8 Å². The number of phenols is 1. The van der Waals surface area contributed by atoms with E-state index in [2.05, 4.69) is 51.3 Å². The summed E-state index contributed by atoms with van der Waals surface area (Å²) in [4.78, 5) is 37.9. The summed E-state index contributed by atoms with van der Waals surface area (Å²) in [5.41, 5.74) is 4.34. The molecule has 3 aromatic carbocycles. The summed E-state index contributed by atoms with van der Waals surface area (Å²) in [6.07, 6.45) is 10.9. The van der Waals surface area contributed by atoms with Gasteiger partial charge in [-0.15, -0.1) is 11.3 Å². The van der Waals surface area contributed by atoms with E-state index in [9.17, 15) is 19.1 Å². The number of carbonyl (C=O) groups is 2. The van der Waals surface area contributed by atoms with Crippen LogP contribution in [0, 0.1) is 5.82 Å². The second-order valence-electron chi connectivity index (χ2n) is 12.7. The van der Waals surface area contributed by atoms with Crippen molar-refractivity contribution in [3.8, 4) is 16.9 Å². The van der Waals surface area contributed by atoms with Gasteiger partial charge >= 0.3 is 0 Å². The molecule has 0 aliphatic carbocycles. The normalized spacial score (nSPS) is 15.5. The summed E-state index contributed by atoms with van der Waals surface area (Å²) in [5, 5.41) is 15.4. The molecule has 0 radical (unpaired) electrons. The number of benzene rings is 3. The number of piperazine rings is 1. The Balaban J connectivity index is 1.10. The van der Waals surface area contributed by atoms with Crippen LogP contribution in [0.3, 0.4) is 0 Å². The number of amides is 2. The predicted molar refractivity (Wildman–Crippen MR) is 190 cm³/mol. The van der Waals surface area contributed by atoms with Gasteiger partial charge in [0.15, 0.2) is 5.13 Å². The van der Waals surface area contributed by atoms with Gasteiger partial charge in [-0.2, -0.15) is 0 Å². The van der Waals surface area contributed by atoms with Gasteiger partial charge in [-0.05, 0) is 66.1 Å². The first kappa shape index (κ1) is 33.6. The molecule has 0 spiro atoms. The molecule has 1 saturated heterocycles. The van der Waals surface area contributed by atoms with E-state index >= 15 is 0 Å². The number of hydrogen-bond acceptors (Lipinski definition) is 7. The maximum atomic E-state index is 14.3. The van der Waals surface area contributed by atoms with Crippen molar-refractivity contribution in [3.63, 3.8) is 0 Å². The maximum Gasteiger partial charge on any atom is 0.255 e. The zero-order chi connectivity index (χ0) is 33.5. The van der Waals surface area contributed by atoms with Gasteiger partial charge in [0, 0.05) is 61.1 Å². The van der Waals surface area contributed by atoms with E-state index in [1.54, 1.807) is 11.6 Å². The number of aromatic nitrogens is 1. The Morgan fingerprint density at radius 1 is 0.938 bits per heavy atom. The number of aromatic hydroxyl groups is 1. The van der Waals surface area contributed by atoms with Crippen molar-refractivity contribution in [1.29, 1.82) is 0 Å². The van der Waals surface area contributed by atoms with Crippen molar-refractivity contribution in [1.82, 2.24) is 14.8 Å². The van der Waals surface area contributed by atoms with E-state index in [-0.39, 0.29) is 23.8 Å². The van der Waals surface area contributed by atoms with Crippen LogP contribution in [-0.4, -0.2) is 64.4 Å². The third-order valence-electron chi connectivity index (χ3n) is 9.46. The van der Waals surface area contributed by atoms with Crippen LogP contribution in [0.2, 0.25) is 0 Å². The van der Waals surface area contributed by atoms with Crippen molar-refractivity contribution < 1.29 is 19.1 Å². The lowest BCUT2D eigenvalue weighted by Gasteiger charge is -2.36. The van der Waals surface area contributed by atoms with Crippen LogP contribution >= 0.6 is 11.3 Å². The molecule has 6 rings (SSSR count). The summed E-state index contributed by atoms with van der Waals surface area (Å²) in [6, 6.07) is 16.4. The standard InChI is InChI=1S/C38H44FN5O3S/c1-2-3-4-5-6-7-8-18-42-19-21-43(22-20-42)31-14-11-27(12-15-31)28-9-10-29-26-44(37(47)32(29)24-28)35(33-25-30(39)13-16-34(33)45)36(46)41-38-40-17-23-48-38/h9-17,23-25,35,45H,2-8,18-22,26H2,1H3,(H,40,41,46). The number of rotatable bonds is 14. The fraction of sp³-hybridized carbons (Fsp3) is 0.395. The van der Waals surface area contributed by atoms with Crippen LogP contribution in [0.15, 0.2) is 72.2 Å². The Morgan fingerprint density at radius 2 is 1.67 bits per heavy atom. The number of hydrogen-bond donors (Lipinski definition) is 2. The molecular formula is C38H44FN5O3S. The Labute approximate surface area is 286 Å². The van der Waals surface area contributed by atoms with Crippen LogP contribution in [0.5, 0.6) is 5.75 Å². The second kappa shape index (κ2) is 15.7. The van der Waals surface area contributed by atoms with Crippen LogP contribution in [-0.2, 0) is 11.3 Å². The molecule has 2 aliphatic heterocycles. The molecule has 10 heteroatoms. The number of halogens is 1. The third-order valence-corrected chi connectivity index (χ3v) is 10.2. The molecule has 1 aromatic heterocycles. The van der Waals surface area contributed by atoms with Gasteiger partial charge in [0.1, 0.15) is 17.6 Å². The summed E-state index contributed by atoms with van der Waals surface area (Å²) >= 11 is 1.23. The Morgan fingerprint density at radius 3 is 2.40 bits per heavy atom. The molecule has 0 saturated carbocycles. The number of fused-ring (bicyclic) bond motifs is 1. The Bertz CT molecular complexity index is 1690. The Hall–Kier alpha value is -4.28. The van der Waals surface area contributed by atoms with Crippen molar-refractivity contribution in [3.05, 3.63) is 94.7 Å². The van der Waals surface area contributed by atoms with Crippen LogP contribution in [0.1, 0.15) is 79.4 Å². The zero-order valence-corrected chi connectivity index (χ0v) is 28.4. The summed E-state index contributed by atoms with van der Waals surface area (Å²) in [6.45, 7) is 7.78. The molecule has 1 atom stereocenters. The van der Waals surface area contributed by atoms with Crippen molar-refractivity contribution >= 4 is 34.0 Å². The molecule has 8 nitrogen and oxygen atoms in total. The number of nitrogens with zero attached hydrogens (tertiary/aromatic N) is 4. The van der Waals surface area contributed by atoms with E-state index in [1.807, 2.05) is 18.2 Å². The summed E-state index contributed by atoms with van der Waals surface area (Å²) in [5.74, 6) is -1.83. The molecule has 2 aliphatic rings.